The molecular formula is C31H55NO11. The predicted octanol–water partition coefficient (Wildman–Crippen LogP) is 1.43. The van der Waals surface area contributed by atoms with Gasteiger partial charge in [0.2, 0.25) is 5.91 Å². The summed E-state index contributed by atoms with van der Waals surface area (Å²) in [4.78, 5) is 40.5. The summed E-state index contributed by atoms with van der Waals surface area (Å²) in [5.74, 6) is -5.01. The Balaban J connectivity index is 2.61. The molecule has 0 saturated carbocycles. The molecule has 2 aliphatic heterocycles. The standard InChI is InChI=1S/C31H55NO11/c1-12-22-31(9,39)26(37)17(4)23(34)15(2)14-30(8,40-11)27(18(5)24(35)19(6)28(38)42-22)43-29-25(36)21(13-16(3)41-29)32(10)20(7)33/h15-19,21-22,24-27,29,35-37,39H,12-14H2,1-11H3/t15-,16+,17-,18-,19+,21-,22+,24-,25-,26+,27-,29?,30?,31+/m0/s1. The average Bonchev–Trinajstić information content (AvgIpc) is 2.96. The molecule has 0 aromatic carbocycles. The highest BCUT2D eigenvalue weighted by atomic mass is 16.7. The molecule has 0 bridgehead atoms. The summed E-state index contributed by atoms with van der Waals surface area (Å²) >= 11 is 0. The number of esters is 1. The van der Waals surface area contributed by atoms with Crippen molar-refractivity contribution in [2.24, 2.45) is 23.7 Å². The lowest BCUT2D eigenvalue weighted by Crippen LogP contribution is -2.61. The van der Waals surface area contributed by atoms with Gasteiger partial charge in [-0.2, -0.15) is 0 Å². The van der Waals surface area contributed by atoms with Crippen LogP contribution in [0.4, 0.5) is 0 Å². The lowest BCUT2D eigenvalue weighted by atomic mass is 9.74. The molecule has 12 nitrogen and oxygen atoms in total. The van der Waals surface area contributed by atoms with Crippen molar-refractivity contribution in [1.82, 2.24) is 4.90 Å². The van der Waals surface area contributed by atoms with E-state index in [-0.39, 0.29) is 30.6 Å². The van der Waals surface area contributed by atoms with Gasteiger partial charge in [0.1, 0.15) is 23.6 Å². The second kappa shape index (κ2) is 14.6. The number of ether oxygens (including phenoxy) is 4. The Morgan fingerprint density at radius 1 is 1.05 bits per heavy atom. The van der Waals surface area contributed by atoms with Gasteiger partial charge < -0.3 is 44.3 Å². The van der Waals surface area contributed by atoms with Crippen LogP contribution in [0.1, 0.15) is 81.6 Å². The minimum atomic E-state index is -1.94. The third kappa shape index (κ3) is 7.95. The highest BCUT2D eigenvalue weighted by Crippen LogP contribution is 2.39. The summed E-state index contributed by atoms with van der Waals surface area (Å²) < 4.78 is 24.1. The highest BCUT2D eigenvalue weighted by Gasteiger charge is 2.52. The van der Waals surface area contributed by atoms with Crippen molar-refractivity contribution >= 4 is 17.7 Å². The van der Waals surface area contributed by atoms with Gasteiger partial charge in [0.05, 0.1) is 42.0 Å². The van der Waals surface area contributed by atoms with Gasteiger partial charge in [-0.05, 0) is 47.0 Å². The smallest absolute Gasteiger partial charge is 0.311 e. The molecule has 0 radical (unpaired) electrons. The number of likely N-dealkylation sites (N-methyl/N-ethyl adjacent to an activating group) is 1. The maximum atomic E-state index is 13.6. The number of aliphatic hydroxyl groups is 4. The van der Waals surface area contributed by atoms with Crippen LogP contribution >= 0.6 is 0 Å². The molecule has 0 aromatic heterocycles. The van der Waals surface area contributed by atoms with Gasteiger partial charge in [-0.3, -0.25) is 14.4 Å². The molecular weight excluding hydrogens is 562 g/mol. The fourth-order valence-electron chi connectivity index (χ4n) is 6.69. The van der Waals surface area contributed by atoms with Crippen LogP contribution in [0.15, 0.2) is 0 Å². The maximum Gasteiger partial charge on any atom is 0.311 e. The number of rotatable bonds is 5. The first-order chi connectivity index (χ1) is 19.7. The molecule has 14 atom stereocenters. The van der Waals surface area contributed by atoms with Crippen molar-refractivity contribution in [3.8, 4) is 0 Å². The number of carbonyl (C=O) groups is 3. The van der Waals surface area contributed by atoms with Crippen LogP contribution in [-0.4, -0.2) is 117 Å². The molecule has 2 unspecified atom stereocenters. The van der Waals surface area contributed by atoms with E-state index in [1.807, 2.05) is 0 Å². The zero-order valence-electron chi connectivity index (χ0n) is 27.6. The second-order valence-electron chi connectivity index (χ2n) is 13.3. The van der Waals surface area contributed by atoms with Crippen LogP contribution in [0, 0.1) is 23.7 Å². The fraction of sp³-hybridized carbons (Fsp3) is 0.903. The molecule has 12 heteroatoms. The largest absolute Gasteiger partial charge is 0.459 e. The van der Waals surface area contributed by atoms with Crippen molar-refractivity contribution in [2.75, 3.05) is 14.2 Å². The third-order valence-corrected chi connectivity index (χ3v) is 9.86. The summed E-state index contributed by atoms with van der Waals surface area (Å²) in [6, 6.07) is -0.603. The first kappa shape index (κ1) is 37.5. The number of methoxy groups -OCH3 is 1. The predicted molar refractivity (Wildman–Crippen MR) is 157 cm³/mol. The molecule has 0 aromatic rings. The van der Waals surface area contributed by atoms with Crippen molar-refractivity contribution in [3.05, 3.63) is 0 Å². The van der Waals surface area contributed by atoms with Crippen molar-refractivity contribution in [2.45, 2.75) is 142 Å². The first-order valence-electron chi connectivity index (χ1n) is 15.3. The Hall–Kier alpha value is -1.67. The van der Waals surface area contributed by atoms with Crippen LogP contribution in [0.5, 0.6) is 0 Å². The maximum absolute atomic E-state index is 13.6. The van der Waals surface area contributed by atoms with Gasteiger partial charge >= 0.3 is 5.97 Å². The molecule has 0 spiro atoms. The van der Waals surface area contributed by atoms with Crippen molar-refractivity contribution in [1.29, 1.82) is 0 Å². The Labute approximate surface area is 256 Å². The number of amides is 1. The quantitative estimate of drug-likeness (QED) is 0.329. The van der Waals surface area contributed by atoms with E-state index in [9.17, 15) is 34.8 Å². The lowest BCUT2D eigenvalue weighted by molar-refractivity contribution is -0.301. The Kier molecular flexibility index (Phi) is 12.8. The SMILES string of the molecule is CC[C@H]1OC(=O)[C@H](C)[C@@H](O)[C@H](C)[C@H](OC2O[C@H](C)C[C@H](N(C)C(C)=O)[C@@H]2O)C(C)(OC)C[C@H](C)C(=O)[C@H](C)[C@@H](O)[C@]1(C)O. The third-order valence-electron chi connectivity index (χ3n) is 9.86. The molecule has 2 aliphatic rings. The van der Waals surface area contributed by atoms with Crippen LogP contribution < -0.4 is 0 Å². The van der Waals surface area contributed by atoms with Gasteiger partial charge in [-0.1, -0.05) is 27.7 Å². The van der Waals surface area contributed by atoms with Crippen LogP contribution in [0.3, 0.4) is 0 Å². The number of hydrogen-bond donors (Lipinski definition) is 4. The number of cyclic esters (lactones) is 1. The average molecular weight is 618 g/mol. The lowest BCUT2D eigenvalue weighted by Gasteiger charge is -2.48. The van der Waals surface area contributed by atoms with Gasteiger partial charge in [-0.15, -0.1) is 0 Å². The minimum Gasteiger partial charge on any atom is -0.459 e. The first-order valence-corrected chi connectivity index (χ1v) is 15.3. The second-order valence-corrected chi connectivity index (χ2v) is 13.3. The molecule has 2 heterocycles. The van der Waals surface area contributed by atoms with Crippen LogP contribution in [0.25, 0.3) is 0 Å². The zero-order chi connectivity index (χ0) is 33.2. The summed E-state index contributed by atoms with van der Waals surface area (Å²) in [5.41, 5.74) is -3.21. The van der Waals surface area contributed by atoms with E-state index in [1.165, 1.54) is 39.7 Å². The number of hydrogen-bond acceptors (Lipinski definition) is 11. The topological polar surface area (TPSA) is 172 Å². The number of Topliss-reactive ketones (excluding diaryl/α,β-unsaturated/α-hetero) is 1. The molecule has 4 N–H and O–H groups in total. The van der Waals surface area contributed by atoms with Crippen LogP contribution in [-0.2, 0) is 33.3 Å². The fourth-order valence-corrected chi connectivity index (χ4v) is 6.69. The van der Waals surface area contributed by atoms with Crippen LogP contribution in [0.2, 0.25) is 0 Å². The summed E-state index contributed by atoms with van der Waals surface area (Å²) in [6.07, 6.45) is -7.32. The normalized spacial score (nSPS) is 45.7. The minimum absolute atomic E-state index is 0.0778. The Morgan fingerprint density at radius 3 is 2.14 bits per heavy atom. The highest BCUT2D eigenvalue weighted by molar-refractivity contribution is 5.83. The van der Waals surface area contributed by atoms with E-state index in [4.69, 9.17) is 18.9 Å². The van der Waals surface area contributed by atoms with Gasteiger partial charge in [-0.25, -0.2) is 0 Å². The molecule has 2 rings (SSSR count). The molecule has 2 saturated heterocycles. The summed E-state index contributed by atoms with van der Waals surface area (Å²) in [6.45, 7) is 14.3. The Morgan fingerprint density at radius 2 is 1.63 bits per heavy atom. The monoisotopic (exact) mass is 617 g/mol. The Bertz CT molecular complexity index is 975. The van der Waals surface area contributed by atoms with E-state index in [0.29, 0.717) is 6.42 Å². The molecule has 250 valence electrons. The molecule has 0 aliphatic carbocycles. The number of ketones is 1. The molecule has 43 heavy (non-hydrogen) atoms. The van der Waals surface area contributed by atoms with E-state index < -0.39 is 83.7 Å². The summed E-state index contributed by atoms with van der Waals surface area (Å²) in [5, 5.41) is 45.2. The van der Waals surface area contributed by atoms with Crippen molar-refractivity contribution in [3.63, 3.8) is 0 Å². The number of aliphatic hydroxyl groups excluding tert-OH is 3. The van der Waals surface area contributed by atoms with Gasteiger partial charge in [0.25, 0.3) is 0 Å². The molecule has 1 amide bonds. The number of nitrogens with zero attached hydrogens (tertiary/aromatic N) is 1. The van der Waals surface area contributed by atoms with Crippen molar-refractivity contribution < 1.29 is 53.8 Å². The number of carbonyl (C=O) groups excluding carboxylic acids is 3. The van der Waals surface area contributed by atoms with Gasteiger partial charge in [0.15, 0.2) is 6.29 Å². The summed E-state index contributed by atoms with van der Waals surface area (Å²) in [7, 11) is 3.03. The zero-order valence-corrected chi connectivity index (χ0v) is 27.6. The van der Waals surface area contributed by atoms with E-state index in [2.05, 4.69) is 0 Å². The van der Waals surface area contributed by atoms with E-state index >= 15 is 0 Å². The molecule has 2 fully saturated rings. The van der Waals surface area contributed by atoms with E-state index in [0.717, 1.165) is 0 Å². The van der Waals surface area contributed by atoms with Gasteiger partial charge in [0, 0.05) is 38.8 Å². The van der Waals surface area contributed by atoms with E-state index in [1.54, 1.807) is 41.7 Å².